The van der Waals surface area contributed by atoms with Gasteiger partial charge in [0.05, 0.1) is 7.11 Å². The van der Waals surface area contributed by atoms with E-state index in [0.717, 1.165) is 12.0 Å². The van der Waals surface area contributed by atoms with Gasteiger partial charge in [-0.3, -0.25) is 0 Å². The number of halogens is 1. The highest BCUT2D eigenvalue weighted by atomic mass is 35.5. The third-order valence-electron chi connectivity index (χ3n) is 3.32. The lowest BCUT2D eigenvalue weighted by Crippen LogP contribution is -2.49. The first-order valence-electron chi connectivity index (χ1n) is 6.84. The van der Waals surface area contributed by atoms with Crippen LogP contribution in [0.15, 0.2) is 24.3 Å². The summed E-state index contributed by atoms with van der Waals surface area (Å²) in [6, 6.07) is 6.12. The van der Waals surface area contributed by atoms with E-state index in [0.29, 0.717) is 11.6 Å². The zero-order chi connectivity index (χ0) is 15.8. The second-order valence-corrected chi connectivity index (χ2v) is 5.28. The molecule has 0 saturated heterocycles. The third-order valence-corrected chi connectivity index (χ3v) is 3.57. The molecule has 0 bridgehead atoms. The van der Waals surface area contributed by atoms with Crippen molar-refractivity contribution in [2.75, 3.05) is 7.11 Å². The molecule has 1 unspecified atom stereocenters. The lowest BCUT2D eigenvalue weighted by molar-refractivity contribution is -0.144. The Hall–Kier alpha value is -1.75. The number of hydrogen-bond acceptors (Lipinski definition) is 3. The van der Waals surface area contributed by atoms with Gasteiger partial charge in [-0.25, -0.2) is 9.59 Å². The maximum atomic E-state index is 11.9. The molecule has 0 fully saturated rings. The molecule has 1 aromatic rings. The molecule has 0 saturated carbocycles. The Labute approximate surface area is 130 Å². The summed E-state index contributed by atoms with van der Waals surface area (Å²) in [4.78, 5) is 23.6. The number of hydrogen-bond donors (Lipinski definition) is 2. The molecule has 0 radical (unpaired) electrons. The number of benzene rings is 1. The van der Waals surface area contributed by atoms with Gasteiger partial charge in [-0.05, 0) is 23.6 Å². The summed E-state index contributed by atoms with van der Waals surface area (Å²) in [5.74, 6) is -0.440. The lowest BCUT2D eigenvalue weighted by Gasteiger charge is -2.22. The molecule has 1 rings (SSSR count). The van der Waals surface area contributed by atoms with E-state index in [1.807, 2.05) is 26.0 Å². The summed E-state index contributed by atoms with van der Waals surface area (Å²) < 4.78 is 4.72. The van der Waals surface area contributed by atoms with Crippen molar-refractivity contribution in [3.63, 3.8) is 0 Å². The predicted octanol–water partition coefficient (Wildman–Crippen LogP) is 2.73. The molecule has 0 spiro atoms. The SMILES string of the molecule is CCC(C)[C@H](NC(=O)NCc1ccc(Cl)cc1)C(=O)OC. The maximum Gasteiger partial charge on any atom is 0.328 e. The van der Waals surface area contributed by atoms with Crippen LogP contribution >= 0.6 is 11.6 Å². The van der Waals surface area contributed by atoms with E-state index in [-0.39, 0.29) is 5.92 Å². The van der Waals surface area contributed by atoms with Crippen LogP contribution in [0.25, 0.3) is 0 Å². The number of ether oxygens (including phenoxy) is 1. The van der Waals surface area contributed by atoms with Crippen LogP contribution in [0.5, 0.6) is 0 Å². The highest BCUT2D eigenvalue weighted by molar-refractivity contribution is 6.30. The van der Waals surface area contributed by atoms with Gasteiger partial charge in [0.25, 0.3) is 0 Å². The minimum Gasteiger partial charge on any atom is -0.467 e. The van der Waals surface area contributed by atoms with Crippen molar-refractivity contribution in [3.8, 4) is 0 Å². The molecule has 2 atom stereocenters. The van der Waals surface area contributed by atoms with Crippen molar-refractivity contribution in [1.82, 2.24) is 10.6 Å². The number of urea groups is 1. The largest absolute Gasteiger partial charge is 0.467 e. The molecule has 0 aliphatic carbocycles. The maximum absolute atomic E-state index is 11.9. The van der Waals surface area contributed by atoms with Gasteiger partial charge < -0.3 is 15.4 Å². The minimum atomic E-state index is -0.648. The standard InChI is InChI=1S/C15H21ClN2O3/c1-4-10(2)13(14(19)21-3)18-15(20)17-9-11-5-7-12(16)8-6-11/h5-8,10,13H,4,9H2,1-3H3,(H2,17,18,20)/t10?,13-/m0/s1. The molecule has 2 N–H and O–H groups in total. The second kappa shape index (κ2) is 8.52. The summed E-state index contributed by atoms with van der Waals surface area (Å²) >= 11 is 5.79. The number of carbonyl (C=O) groups excluding carboxylic acids is 2. The second-order valence-electron chi connectivity index (χ2n) is 4.84. The van der Waals surface area contributed by atoms with Gasteiger partial charge in [0.1, 0.15) is 6.04 Å². The van der Waals surface area contributed by atoms with Crippen LogP contribution in [-0.2, 0) is 16.1 Å². The number of carbonyl (C=O) groups is 2. The van der Waals surface area contributed by atoms with Crippen molar-refractivity contribution in [2.24, 2.45) is 5.92 Å². The van der Waals surface area contributed by atoms with Crippen molar-refractivity contribution in [2.45, 2.75) is 32.9 Å². The molecular weight excluding hydrogens is 292 g/mol. The molecule has 0 aromatic heterocycles. The van der Waals surface area contributed by atoms with E-state index in [9.17, 15) is 9.59 Å². The van der Waals surface area contributed by atoms with Crippen LogP contribution in [-0.4, -0.2) is 25.2 Å². The topological polar surface area (TPSA) is 67.4 Å². The summed E-state index contributed by atoms with van der Waals surface area (Å²) in [5.41, 5.74) is 0.924. The highest BCUT2D eigenvalue weighted by Crippen LogP contribution is 2.10. The Bertz CT molecular complexity index is 476. The number of rotatable bonds is 6. The predicted molar refractivity (Wildman–Crippen MR) is 82.1 cm³/mol. The smallest absolute Gasteiger partial charge is 0.328 e. The molecule has 0 aliphatic heterocycles. The molecule has 0 aliphatic rings. The molecule has 2 amide bonds. The van der Waals surface area contributed by atoms with Crippen LogP contribution in [0.2, 0.25) is 5.02 Å². The van der Waals surface area contributed by atoms with Crippen molar-refractivity contribution >= 4 is 23.6 Å². The van der Waals surface area contributed by atoms with E-state index in [2.05, 4.69) is 10.6 Å². The van der Waals surface area contributed by atoms with Crippen molar-refractivity contribution < 1.29 is 14.3 Å². The number of nitrogens with one attached hydrogen (secondary N) is 2. The summed E-state index contributed by atoms with van der Waals surface area (Å²) in [7, 11) is 1.31. The van der Waals surface area contributed by atoms with Gasteiger partial charge in [-0.15, -0.1) is 0 Å². The van der Waals surface area contributed by atoms with Crippen LogP contribution in [0, 0.1) is 5.92 Å². The van der Waals surface area contributed by atoms with Crippen LogP contribution < -0.4 is 10.6 Å². The Balaban J connectivity index is 2.53. The van der Waals surface area contributed by atoms with Crippen LogP contribution in [0.1, 0.15) is 25.8 Å². The van der Waals surface area contributed by atoms with Gasteiger partial charge in [-0.2, -0.15) is 0 Å². The number of esters is 1. The van der Waals surface area contributed by atoms with E-state index in [4.69, 9.17) is 16.3 Å². The first-order chi connectivity index (χ1) is 9.97. The zero-order valence-corrected chi connectivity index (χ0v) is 13.2. The van der Waals surface area contributed by atoms with E-state index >= 15 is 0 Å². The Morgan fingerprint density at radius 3 is 2.43 bits per heavy atom. The summed E-state index contributed by atoms with van der Waals surface area (Å²) in [6.45, 7) is 4.20. The van der Waals surface area contributed by atoms with E-state index in [1.165, 1.54) is 7.11 Å². The lowest BCUT2D eigenvalue weighted by atomic mass is 9.99. The normalized spacial score (nSPS) is 13.1. The summed E-state index contributed by atoms with van der Waals surface area (Å²) in [5, 5.41) is 6.00. The molecule has 6 heteroatoms. The first-order valence-corrected chi connectivity index (χ1v) is 7.22. The molecular formula is C15H21ClN2O3. The number of amides is 2. The van der Waals surface area contributed by atoms with E-state index in [1.54, 1.807) is 12.1 Å². The van der Waals surface area contributed by atoms with Crippen molar-refractivity contribution in [3.05, 3.63) is 34.9 Å². The summed E-state index contributed by atoms with van der Waals surface area (Å²) in [6.07, 6.45) is 0.761. The molecule has 116 valence electrons. The van der Waals surface area contributed by atoms with Gasteiger partial charge in [-0.1, -0.05) is 44.0 Å². The highest BCUT2D eigenvalue weighted by Gasteiger charge is 2.26. The minimum absolute atomic E-state index is 0.00117. The zero-order valence-electron chi connectivity index (χ0n) is 12.5. The molecule has 1 aromatic carbocycles. The molecule has 5 nitrogen and oxygen atoms in total. The van der Waals surface area contributed by atoms with Gasteiger partial charge in [0.2, 0.25) is 0 Å². The fraction of sp³-hybridized carbons (Fsp3) is 0.467. The average molecular weight is 313 g/mol. The average Bonchev–Trinajstić information content (AvgIpc) is 2.50. The fourth-order valence-electron chi connectivity index (χ4n) is 1.77. The quantitative estimate of drug-likeness (QED) is 0.794. The van der Waals surface area contributed by atoms with Crippen LogP contribution in [0.3, 0.4) is 0 Å². The molecule has 0 heterocycles. The third kappa shape index (κ3) is 5.63. The Kier molecular flexibility index (Phi) is 7.02. The Morgan fingerprint density at radius 1 is 1.29 bits per heavy atom. The molecule has 21 heavy (non-hydrogen) atoms. The first kappa shape index (κ1) is 17.3. The van der Waals surface area contributed by atoms with E-state index < -0.39 is 18.0 Å². The van der Waals surface area contributed by atoms with Gasteiger partial charge >= 0.3 is 12.0 Å². The van der Waals surface area contributed by atoms with Gasteiger partial charge in [0, 0.05) is 11.6 Å². The van der Waals surface area contributed by atoms with Gasteiger partial charge in [0.15, 0.2) is 0 Å². The van der Waals surface area contributed by atoms with Crippen molar-refractivity contribution in [1.29, 1.82) is 0 Å². The number of methoxy groups -OCH3 is 1. The Morgan fingerprint density at radius 2 is 1.90 bits per heavy atom. The fourth-order valence-corrected chi connectivity index (χ4v) is 1.90. The van der Waals surface area contributed by atoms with Crippen LogP contribution in [0.4, 0.5) is 4.79 Å². The monoisotopic (exact) mass is 312 g/mol.